The summed E-state index contributed by atoms with van der Waals surface area (Å²) in [6, 6.07) is 9.45. The van der Waals surface area contributed by atoms with E-state index in [-0.39, 0.29) is 48.5 Å². The molecule has 0 spiro atoms. The molecule has 0 aromatic heterocycles. The molecule has 2 aliphatic heterocycles. The molecule has 9 nitrogen and oxygen atoms in total. The van der Waals surface area contributed by atoms with Crippen LogP contribution in [0.15, 0.2) is 60.7 Å². The summed E-state index contributed by atoms with van der Waals surface area (Å²) in [6.07, 6.45) is 0.637. The molecule has 0 bridgehead atoms. The molecule has 3 aromatic rings. The topological polar surface area (TPSA) is 131 Å². The molecule has 2 fully saturated rings. The smallest absolute Gasteiger partial charge is 0.410 e. The molecular weight excluding hydrogens is 676 g/mol. The lowest BCUT2D eigenvalue weighted by atomic mass is 9.84. The lowest BCUT2D eigenvalue weighted by Crippen LogP contribution is -2.54. The number of anilines is 1. The number of nitrogens with two attached hydrogens (primary N) is 1. The molecule has 0 radical (unpaired) electrons. The minimum Gasteiger partial charge on any atom is -0.444 e. The number of benzene rings is 3. The highest BCUT2D eigenvalue weighted by Gasteiger charge is 2.45. The second-order valence-electron chi connectivity index (χ2n) is 13.9. The molecular formula is C36H42F4N4O5S. The predicted molar refractivity (Wildman–Crippen MR) is 181 cm³/mol. The molecule has 0 aliphatic carbocycles. The number of rotatable bonds is 8. The molecule has 2 saturated heterocycles. The maximum atomic E-state index is 15.4. The van der Waals surface area contributed by atoms with Crippen LogP contribution in [-0.2, 0) is 25.8 Å². The molecule has 0 saturated carbocycles. The van der Waals surface area contributed by atoms with Crippen LogP contribution >= 0.6 is 0 Å². The van der Waals surface area contributed by atoms with Crippen LogP contribution in [0.1, 0.15) is 62.6 Å². The summed E-state index contributed by atoms with van der Waals surface area (Å²) in [7, 11) is -3.49. The van der Waals surface area contributed by atoms with Crippen molar-refractivity contribution in [2.45, 2.75) is 81.3 Å². The minimum absolute atomic E-state index is 0.0270. The van der Waals surface area contributed by atoms with Gasteiger partial charge in [0.2, 0.25) is 5.91 Å². The van der Waals surface area contributed by atoms with Gasteiger partial charge in [-0.15, -0.1) is 0 Å². The Morgan fingerprint density at radius 3 is 2.34 bits per heavy atom. The van der Waals surface area contributed by atoms with E-state index in [2.05, 4.69) is 10.6 Å². The number of nitrogens with zero attached hydrogens (tertiary/aromatic N) is 1. The quantitative estimate of drug-likeness (QED) is 0.265. The number of hydrogen-bond donors (Lipinski definition) is 3. The molecule has 3 aromatic carbocycles. The van der Waals surface area contributed by atoms with E-state index in [1.807, 2.05) is 0 Å². The normalized spacial score (nSPS) is 21.8. The van der Waals surface area contributed by atoms with Crippen LogP contribution in [0.5, 0.6) is 0 Å². The Labute approximate surface area is 289 Å². The van der Waals surface area contributed by atoms with Crippen molar-refractivity contribution < 1.29 is 40.3 Å². The number of nitrogens with one attached hydrogen (secondary N) is 2. The summed E-state index contributed by atoms with van der Waals surface area (Å²) in [5.74, 6) is -4.80. The third kappa shape index (κ3) is 8.82. The minimum atomic E-state index is -3.49. The lowest BCUT2D eigenvalue weighted by molar-refractivity contribution is -0.117. The number of ether oxygens (including phenoxy) is 1. The van der Waals surface area contributed by atoms with E-state index in [4.69, 9.17) is 10.5 Å². The maximum Gasteiger partial charge on any atom is 0.410 e. The van der Waals surface area contributed by atoms with Crippen molar-refractivity contribution in [1.29, 1.82) is 0 Å². The van der Waals surface area contributed by atoms with Crippen molar-refractivity contribution in [1.82, 2.24) is 10.2 Å². The first-order valence-corrected chi connectivity index (χ1v) is 18.2. The van der Waals surface area contributed by atoms with Crippen molar-refractivity contribution in [3.8, 4) is 0 Å². The highest BCUT2D eigenvalue weighted by Crippen LogP contribution is 2.32. The number of carbonyl (C=O) groups excluding carboxylic acids is 2. The number of halogens is 4. The van der Waals surface area contributed by atoms with Gasteiger partial charge in [0.05, 0.1) is 23.1 Å². The van der Waals surface area contributed by atoms with E-state index in [0.717, 1.165) is 24.3 Å². The van der Waals surface area contributed by atoms with Crippen LogP contribution in [0.2, 0.25) is 0 Å². The van der Waals surface area contributed by atoms with Gasteiger partial charge in [-0.2, -0.15) is 0 Å². The Morgan fingerprint density at radius 1 is 1.00 bits per heavy atom. The van der Waals surface area contributed by atoms with E-state index < -0.39 is 80.0 Å². The van der Waals surface area contributed by atoms with Crippen molar-refractivity contribution >= 4 is 27.5 Å². The average Bonchev–Trinajstić information content (AvgIpc) is 3.21. The van der Waals surface area contributed by atoms with Crippen molar-refractivity contribution in [3.63, 3.8) is 0 Å². The summed E-state index contributed by atoms with van der Waals surface area (Å²) >= 11 is 0. The van der Waals surface area contributed by atoms with E-state index in [0.29, 0.717) is 24.5 Å². The molecule has 14 heteroatoms. The van der Waals surface area contributed by atoms with Crippen LogP contribution in [0.25, 0.3) is 0 Å². The summed E-state index contributed by atoms with van der Waals surface area (Å²) in [5, 5.41) is 5.12. The molecule has 4 N–H and O–H groups in total. The monoisotopic (exact) mass is 718 g/mol. The highest BCUT2D eigenvalue weighted by molar-refractivity contribution is 7.92. The Bertz CT molecular complexity index is 1800. The van der Waals surface area contributed by atoms with Crippen molar-refractivity contribution in [2.24, 2.45) is 5.73 Å². The van der Waals surface area contributed by atoms with Crippen LogP contribution < -0.4 is 16.4 Å². The SMILES string of the molecule is CC(C)(C)OC(=O)N1CC(CCc2c(F)cccc2NC(=O)[C@@H](N)[C@@H](c2ccc(F)cc2)c2cc(F)cc(F)c2)NC[C@H]2C1CCCS2(=O)=O. The zero-order chi connectivity index (χ0) is 36.4. The largest absolute Gasteiger partial charge is 0.444 e. The highest BCUT2D eigenvalue weighted by atomic mass is 32.2. The van der Waals surface area contributed by atoms with Crippen molar-refractivity contribution in [3.05, 3.63) is 101 Å². The molecule has 50 heavy (non-hydrogen) atoms. The molecule has 2 unspecified atom stereocenters. The second-order valence-corrected chi connectivity index (χ2v) is 16.2. The van der Waals surface area contributed by atoms with E-state index in [9.17, 15) is 31.2 Å². The molecule has 270 valence electrons. The van der Waals surface area contributed by atoms with Gasteiger partial charge in [-0.1, -0.05) is 18.2 Å². The standard InChI is InChI=1S/C36H42F4N4O5S/c1-36(2,3)49-35(46)44-20-26(42-19-31-30(44)8-5-15-50(31,47)48)13-14-27-28(40)6-4-7-29(27)43-34(45)33(41)32(21-9-11-23(37)12-10-21)22-16-24(38)18-25(39)17-22/h4,6-7,9-12,16-18,26,30-33,42H,5,8,13-15,19-20,41H2,1-3H3,(H,43,45)/t26?,30?,31-,32-,33-/m0/s1. The molecule has 2 heterocycles. The Hall–Kier alpha value is -4.01. The van der Waals surface area contributed by atoms with Gasteiger partial charge in [0.1, 0.15) is 28.9 Å². The van der Waals surface area contributed by atoms with Gasteiger partial charge >= 0.3 is 6.09 Å². The third-order valence-electron chi connectivity index (χ3n) is 9.13. The summed E-state index contributed by atoms with van der Waals surface area (Å²) in [4.78, 5) is 28.5. The fourth-order valence-electron chi connectivity index (χ4n) is 6.78. The molecule has 2 amide bonds. The van der Waals surface area contributed by atoms with Gasteiger partial charge in [-0.05, 0) is 94.0 Å². The lowest BCUT2D eigenvalue weighted by Gasteiger charge is -2.38. The van der Waals surface area contributed by atoms with Gasteiger partial charge in [-0.3, -0.25) is 4.79 Å². The summed E-state index contributed by atoms with van der Waals surface area (Å²) in [6.45, 7) is 5.41. The van der Waals surface area contributed by atoms with Gasteiger partial charge in [0.25, 0.3) is 0 Å². The maximum absolute atomic E-state index is 15.4. The first kappa shape index (κ1) is 37.3. The number of sulfone groups is 1. The summed E-state index contributed by atoms with van der Waals surface area (Å²) < 4.78 is 89.4. The second kappa shape index (κ2) is 15.1. The van der Waals surface area contributed by atoms with Gasteiger partial charge in [0.15, 0.2) is 9.84 Å². The van der Waals surface area contributed by atoms with E-state index in [1.165, 1.54) is 35.2 Å². The fourth-order valence-corrected chi connectivity index (χ4v) is 8.77. The zero-order valence-corrected chi connectivity index (χ0v) is 28.9. The number of hydrogen-bond acceptors (Lipinski definition) is 7. The Morgan fingerprint density at radius 2 is 1.68 bits per heavy atom. The fraction of sp³-hybridized carbons (Fsp3) is 0.444. The Kier molecular flexibility index (Phi) is 11.2. The van der Waals surface area contributed by atoms with Crippen LogP contribution in [0.3, 0.4) is 0 Å². The van der Waals surface area contributed by atoms with Crippen LogP contribution in [-0.4, -0.2) is 73.1 Å². The zero-order valence-electron chi connectivity index (χ0n) is 28.1. The number of fused-ring (bicyclic) bond motifs is 1. The molecule has 2 aliphatic rings. The first-order chi connectivity index (χ1) is 23.5. The van der Waals surface area contributed by atoms with Crippen LogP contribution in [0, 0.1) is 23.3 Å². The average molecular weight is 719 g/mol. The van der Waals surface area contributed by atoms with Crippen molar-refractivity contribution in [2.75, 3.05) is 24.2 Å². The van der Waals surface area contributed by atoms with Gasteiger partial charge in [-0.25, -0.2) is 30.8 Å². The number of carbonyl (C=O) groups is 2. The summed E-state index contributed by atoms with van der Waals surface area (Å²) in [5.41, 5.74) is 6.24. The third-order valence-corrected chi connectivity index (χ3v) is 11.4. The van der Waals surface area contributed by atoms with Gasteiger partial charge < -0.3 is 26.0 Å². The number of amides is 2. The van der Waals surface area contributed by atoms with Gasteiger partial charge in [0, 0.05) is 42.4 Å². The van der Waals surface area contributed by atoms with E-state index in [1.54, 1.807) is 20.8 Å². The molecule has 5 rings (SSSR count). The molecule has 5 atom stereocenters. The van der Waals surface area contributed by atoms with Crippen LogP contribution in [0.4, 0.5) is 28.0 Å². The van der Waals surface area contributed by atoms with E-state index >= 15 is 4.39 Å². The first-order valence-electron chi connectivity index (χ1n) is 16.5. The predicted octanol–water partition coefficient (Wildman–Crippen LogP) is 5.43. The Balaban J connectivity index is 1.37.